The lowest BCUT2D eigenvalue weighted by Gasteiger charge is -2.36. The molecule has 1 aromatic carbocycles. The molecule has 0 bridgehead atoms. The Morgan fingerprint density at radius 3 is 2.35 bits per heavy atom. The maximum Gasteiger partial charge on any atom is 0.128 e. The largest absolute Gasteiger partial charge is 0.383 e. The van der Waals surface area contributed by atoms with Crippen molar-refractivity contribution in [1.29, 1.82) is 0 Å². The normalized spacial score (nSPS) is 13.2. The summed E-state index contributed by atoms with van der Waals surface area (Å²) in [6.07, 6.45) is 1.72. The number of hydrogen-bond acceptors (Lipinski definition) is 4. The minimum atomic E-state index is -0.210. The van der Waals surface area contributed by atoms with E-state index in [0.29, 0.717) is 5.82 Å². The molecular weight excluding hydrogens is 248 g/mol. The van der Waals surface area contributed by atoms with E-state index >= 15 is 0 Å². The zero-order valence-corrected chi connectivity index (χ0v) is 12.2. The fraction of sp³-hybridized carbons (Fsp3) is 0.312. The van der Waals surface area contributed by atoms with Gasteiger partial charge in [0, 0.05) is 17.2 Å². The van der Waals surface area contributed by atoms with E-state index in [9.17, 15) is 0 Å². The molecule has 2 rings (SSSR count). The number of nitrogens with zero attached hydrogens (tertiary/aromatic N) is 1. The third kappa shape index (κ3) is 2.53. The van der Waals surface area contributed by atoms with Crippen molar-refractivity contribution in [2.24, 2.45) is 5.84 Å². The first-order chi connectivity index (χ1) is 9.48. The topological polar surface area (TPSA) is 77.0 Å². The van der Waals surface area contributed by atoms with Crippen LogP contribution >= 0.6 is 0 Å². The lowest BCUT2D eigenvalue weighted by atomic mass is 9.74. The first-order valence-corrected chi connectivity index (χ1v) is 6.71. The van der Waals surface area contributed by atoms with Crippen molar-refractivity contribution in [2.45, 2.75) is 32.2 Å². The molecule has 0 saturated heterocycles. The lowest BCUT2D eigenvalue weighted by molar-refractivity contribution is 0.352. The average molecular weight is 270 g/mol. The highest BCUT2D eigenvalue weighted by Crippen LogP contribution is 2.39. The molecule has 2 aromatic rings. The standard InChI is InChI=1S/C16H22N4/c1-11-9-10-19-15(17)13(11)14(20-18)16(2,3)12-7-5-4-6-8-12/h4-10,14,20H,18H2,1-3H3,(H2,17,19). The van der Waals surface area contributed by atoms with Crippen molar-refractivity contribution in [2.75, 3.05) is 5.73 Å². The second-order valence-corrected chi connectivity index (χ2v) is 5.61. The summed E-state index contributed by atoms with van der Waals surface area (Å²) in [4.78, 5) is 4.20. The number of nitrogen functional groups attached to an aromatic ring is 1. The van der Waals surface area contributed by atoms with E-state index < -0.39 is 0 Å². The molecule has 1 atom stereocenters. The van der Waals surface area contributed by atoms with Crippen LogP contribution in [0.5, 0.6) is 0 Å². The van der Waals surface area contributed by atoms with Gasteiger partial charge in [0.05, 0.1) is 6.04 Å². The predicted octanol–water partition coefficient (Wildman–Crippen LogP) is 2.45. The molecule has 4 heteroatoms. The molecule has 5 N–H and O–H groups in total. The van der Waals surface area contributed by atoms with Crippen LogP contribution < -0.4 is 17.0 Å². The Morgan fingerprint density at radius 1 is 1.15 bits per heavy atom. The summed E-state index contributed by atoms with van der Waals surface area (Å²) in [5.74, 6) is 6.36. The zero-order valence-electron chi connectivity index (χ0n) is 12.2. The number of anilines is 1. The van der Waals surface area contributed by atoms with Crippen molar-refractivity contribution in [1.82, 2.24) is 10.4 Å². The minimum Gasteiger partial charge on any atom is -0.383 e. The number of aromatic nitrogens is 1. The Morgan fingerprint density at radius 2 is 1.80 bits per heavy atom. The third-order valence-electron chi connectivity index (χ3n) is 3.93. The first-order valence-electron chi connectivity index (χ1n) is 6.71. The van der Waals surface area contributed by atoms with Gasteiger partial charge in [-0.1, -0.05) is 44.2 Å². The second-order valence-electron chi connectivity index (χ2n) is 5.61. The lowest BCUT2D eigenvalue weighted by Crippen LogP contribution is -2.42. The van der Waals surface area contributed by atoms with Crippen LogP contribution in [0.15, 0.2) is 42.6 Å². The first kappa shape index (κ1) is 14.5. The van der Waals surface area contributed by atoms with Crippen LogP contribution in [0.3, 0.4) is 0 Å². The highest BCUT2D eigenvalue weighted by atomic mass is 15.2. The van der Waals surface area contributed by atoms with Gasteiger partial charge in [0.2, 0.25) is 0 Å². The second kappa shape index (κ2) is 5.61. The van der Waals surface area contributed by atoms with Crippen molar-refractivity contribution >= 4 is 5.82 Å². The SMILES string of the molecule is Cc1ccnc(N)c1C(NN)C(C)(C)c1ccccc1. The van der Waals surface area contributed by atoms with Gasteiger partial charge in [0.15, 0.2) is 0 Å². The van der Waals surface area contributed by atoms with Crippen molar-refractivity contribution in [3.63, 3.8) is 0 Å². The molecule has 0 fully saturated rings. The van der Waals surface area contributed by atoms with Gasteiger partial charge < -0.3 is 5.73 Å². The Balaban J connectivity index is 2.52. The summed E-state index contributed by atoms with van der Waals surface area (Å²) >= 11 is 0. The smallest absolute Gasteiger partial charge is 0.128 e. The Labute approximate surface area is 120 Å². The summed E-state index contributed by atoms with van der Waals surface area (Å²) in [6.45, 7) is 6.33. The molecule has 0 radical (unpaired) electrons. The summed E-state index contributed by atoms with van der Waals surface area (Å²) in [7, 11) is 0. The molecule has 106 valence electrons. The Bertz CT molecular complexity index is 558. The summed E-state index contributed by atoms with van der Waals surface area (Å²) < 4.78 is 0. The summed E-state index contributed by atoms with van der Waals surface area (Å²) in [6, 6.07) is 12.1. The molecule has 0 aliphatic heterocycles. The van der Waals surface area contributed by atoms with Crippen LogP contribution in [0.25, 0.3) is 0 Å². The Kier molecular flexibility index (Phi) is 4.06. The van der Waals surface area contributed by atoms with E-state index in [-0.39, 0.29) is 11.5 Å². The number of hydrazine groups is 1. The molecule has 20 heavy (non-hydrogen) atoms. The van der Waals surface area contributed by atoms with Gasteiger partial charge in [-0.2, -0.15) is 0 Å². The fourth-order valence-corrected chi connectivity index (χ4v) is 2.65. The highest BCUT2D eigenvalue weighted by Gasteiger charge is 2.34. The van der Waals surface area contributed by atoms with Gasteiger partial charge >= 0.3 is 0 Å². The number of nitrogens with one attached hydrogen (secondary N) is 1. The van der Waals surface area contributed by atoms with Gasteiger partial charge in [-0.05, 0) is 24.1 Å². The summed E-state index contributed by atoms with van der Waals surface area (Å²) in [5, 5.41) is 0. The quantitative estimate of drug-likeness (QED) is 0.589. The number of aryl methyl sites for hydroxylation is 1. The van der Waals surface area contributed by atoms with Crippen LogP contribution in [-0.2, 0) is 5.41 Å². The number of benzene rings is 1. The van der Waals surface area contributed by atoms with Crippen LogP contribution in [-0.4, -0.2) is 4.98 Å². The monoisotopic (exact) mass is 270 g/mol. The molecule has 0 saturated carbocycles. The van der Waals surface area contributed by atoms with Crippen LogP contribution in [0, 0.1) is 6.92 Å². The highest BCUT2D eigenvalue weighted by molar-refractivity contribution is 5.48. The van der Waals surface area contributed by atoms with Crippen molar-refractivity contribution < 1.29 is 0 Å². The number of hydrogen-bond donors (Lipinski definition) is 3. The molecule has 1 heterocycles. The molecule has 1 aromatic heterocycles. The number of rotatable bonds is 4. The molecule has 4 nitrogen and oxygen atoms in total. The average Bonchev–Trinajstić information content (AvgIpc) is 2.43. The van der Waals surface area contributed by atoms with Gasteiger partial charge in [-0.3, -0.25) is 11.3 Å². The number of nitrogens with two attached hydrogens (primary N) is 2. The summed E-state index contributed by atoms with van der Waals surface area (Å²) in [5.41, 5.74) is 12.0. The molecule has 0 aliphatic rings. The predicted molar refractivity (Wildman–Crippen MR) is 82.9 cm³/mol. The van der Waals surface area contributed by atoms with Crippen LogP contribution in [0.1, 0.15) is 36.6 Å². The number of pyridine rings is 1. The van der Waals surface area contributed by atoms with E-state index in [1.807, 2.05) is 31.2 Å². The molecular formula is C16H22N4. The maximum atomic E-state index is 6.07. The van der Waals surface area contributed by atoms with E-state index in [4.69, 9.17) is 11.6 Å². The van der Waals surface area contributed by atoms with E-state index in [1.165, 1.54) is 5.56 Å². The van der Waals surface area contributed by atoms with Crippen LogP contribution in [0.2, 0.25) is 0 Å². The van der Waals surface area contributed by atoms with Crippen molar-refractivity contribution in [3.8, 4) is 0 Å². The molecule has 0 aliphatic carbocycles. The van der Waals surface area contributed by atoms with Crippen LogP contribution in [0.4, 0.5) is 5.82 Å². The van der Waals surface area contributed by atoms with E-state index in [1.54, 1.807) is 6.20 Å². The van der Waals surface area contributed by atoms with Gasteiger partial charge in [-0.25, -0.2) is 4.98 Å². The molecule has 1 unspecified atom stereocenters. The fourth-order valence-electron chi connectivity index (χ4n) is 2.65. The Hall–Kier alpha value is -1.91. The van der Waals surface area contributed by atoms with E-state index in [2.05, 4.69) is 36.4 Å². The van der Waals surface area contributed by atoms with Crippen molar-refractivity contribution in [3.05, 3.63) is 59.3 Å². The molecule has 0 spiro atoms. The molecule has 0 amide bonds. The third-order valence-corrected chi connectivity index (χ3v) is 3.93. The van der Waals surface area contributed by atoms with E-state index in [0.717, 1.165) is 11.1 Å². The van der Waals surface area contributed by atoms with Gasteiger partial charge in [0.1, 0.15) is 5.82 Å². The maximum absolute atomic E-state index is 6.07. The van der Waals surface area contributed by atoms with Gasteiger partial charge in [-0.15, -0.1) is 0 Å². The zero-order chi connectivity index (χ0) is 14.8. The van der Waals surface area contributed by atoms with Gasteiger partial charge in [0.25, 0.3) is 0 Å². The minimum absolute atomic E-state index is 0.112.